The zero-order chi connectivity index (χ0) is 77.9. The fourth-order valence-corrected chi connectivity index (χ4v) is 13.7. The van der Waals surface area contributed by atoms with Gasteiger partial charge >= 0.3 is 12.1 Å². The fraction of sp³-hybridized carbons (Fsp3) is 0.630. The van der Waals surface area contributed by atoms with Crippen LogP contribution in [0.3, 0.4) is 0 Å². The van der Waals surface area contributed by atoms with E-state index < -0.39 is 17.7 Å². The molecule has 4 aliphatic rings. The minimum absolute atomic E-state index is 0. The van der Waals surface area contributed by atoms with Crippen LogP contribution in [0.5, 0.6) is 5.75 Å². The normalized spacial score (nSPS) is 17.3. The number of hydrogen-bond donors (Lipinski definition) is 2. The number of hydrogen-bond acceptors (Lipinski definition) is 25. The molecule has 1 saturated carbocycles. The zero-order valence-electron chi connectivity index (χ0n) is 64.3. The molecule has 110 heavy (non-hydrogen) atoms. The summed E-state index contributed by atoms with van der Waals surface area (Å²) >= 11 is 0. The van der Waals surface area contributed by atoms with Crippen LogP contribution in [-0.2, 0) is 135 Å². The van der Waals surface area contributed by atoms with Gasteiger partial charge in [-0.3, -0.25) is 38.5 Å². The van der Waals surface area contributed by atoms with E-state index in [0.717, 1.165) is 78.3 Å². The van der Waals surface area contributed by atoms with E-state index in [-0.39, 0.29) is 128 Å². The number of benzene rings is 2. The number of nitrogens with one attached hydrogen (secondary N) is 1. The Morgan fingerprint density at radius 1 is 0.718 bits per heavy atom. The van der Waals surface area contributed by atoms with E-state index in [2.05, 4.69) is 22.6 Å². The van der Waals surface area contributed by atoms with Gasteiger partial charge in [0.25, 0.3) is 5.56 Å². The van der Waals surface area contributed by atoms with Crippen molar-refractivity contribution in [3.8, 4) is 17.1 Å². The van der Waals surface area contributed by atoms with Crippen LogP contribution in [0, 0.1) is 30.6 Å². The third kappa shape index (κ3) is 27.0. The molecule has 29 heteroatoms. The number of aryl methyl sites for hydroxylation is 3. The molecule has 1 saturated heterocycles. The van der Waals surface area contributed by atoms with Crippen LogP contribution in [0.15, 0.2) is 59.5 Å². The number of cyclic esters (lactones) is 1. The lowest BCUT2D eigenvalue weighted by atomic mass is 9.79. The van der Waals surface area contributed by atoms with Crippen LogP contribution in [0.1, 0.15) is 164 Å². The number of pyridine rings is 2. The molecule has 3 amide bonds. The summed E-state index contributed by atoms with van der Waals surface area (Å²) in [6.07, 6.45) is 10.7. The highest BCUT2D eigenvalue weighted by atomic mass is 16.7. The van der Waals surface area contributed by atoms with Crippen LogP contribution in [0.2, 0.25) is 0 Å². The minimum atomic E-state index is -1.84. The van der Waals surface area contributed by atoms with Crippen molar-refractivity contribution in [2.75, 3.05) is 133 Å². The Morgan fingerprint density at radius 2 is 1.34 bits per heavy atom. The lowest BCUT2D eigenvalue weighted by Crippen LogP contribution is -2.47. The van der Waals surface area contributed by atoms with Crippen molar-refractivity contribution in [1.82, 2.24) is 34.8 Å². The molecule has 5 aromatic rings. The topological polar surface area (TPSA) is 348 Å². The van der Waals surface area contributed by atoms with E-state index in [1.807, 2.05) is 44.3 Å². The summed E-state index contributed by atoms with van der Waals surface area (Å²) in [4.78, 5) is 120. The lowest BCUT2D eigenvalue weighted by molar-refractivity contribution is -0.175. The predicted molar refractivity (Wildman–Crippen MR) is 405 cm³/mol. The summed E-state index contributed by atoms with van der Waals surface area (Å²) in [7, 11) is 1.57. The van der Waals surface area contributed by atoms with Gasteiger partial charge in [0, 0.05) is 92.8 Å². The van der Waals surface area contributed by atoms with Crippen LogP contribution in [0.25, 0.3) is 22.3 Å². The lowest BCUT2D eigenvalue weighted by Gasteiger charge is -2.35. The Labute approximate surface area is 644 Å². The van der Waals surface area contributed by atoms with Gasteiger partial charge in [0.2, 0.25) is 23.3 Å². The van der Waals surface area contributed by atoms with Crippen molar-refractivity contribution in [3.63, 3.8) is 0 Å². The second-order valence-corrected chi connectivity index (χ2v) is 27.9. The molecule has 3 unspecified atom stereocenters. The Balaban J connectivity index is 0.000000344. The quantitative estimate of drug-likeness (QED) is 0.0204. The number of Topliss-reactive ketones (excluding diaryl/α,β-unsaturated/α-hetero) is 3. The number of fused-ring (bicyclic) bond motifs is 5. The maximum atomic E-state index is 13.8. The molecular weight excluding hydrogens is 1420 g/mol. The number of ketones is 3. The number of ether oxygens (including phenoxy) is 12. The largest absolute Gasteiger partial charge is 0.510 e. The minimum Gasteiger partial charge on any atom is -0.508 e. The van der Waals surface area contributed by atoms with Crippen LogP contribution >= 0.6 is 0 Å². The SMILES string of the molecule is C.CCCCCC(CC(=O)COCC(=O)CCCOCCOCCOCCOCCOCCOCCOCCOCCn1cc(CCC(=O)C2CCC(CN3C(=O)CC(C)C3=O)CC2)nn1)C(=O)NC.CCc1c2c(nc3ccc(O)cc13)-c1cc3c(c(=O)n1C2)COC(=O)C3(CC)OC(=O)OCc1ccc(C)cc1. The highest BCUT2D eigenvalue weighted by Crippen LogP contribution is 2.43. The number of aromatic hydroxyl groups is 1. The van der Waals surface area contributed by atoms with E-state index in [9.17, 15) is 48.3 Å². The number of phenolic OH excluding ortho intramolecular Hbond substituents is 1. The second-order valence-electron chi connectivity index (χ2n) is 27.9. The molecule has 3 aromatic heterocycles. The number of imide groups is 1. The van der Waals surface area contributed by atoms with E-state index in [0.29, 0.717) is 187 Å². The van der Waals surface area contributed by atoms with Crippen molar-refractivity contribution in [2.24, 2.45) is 23.7 Å². The fourth-order valence-electron chi connectivity index (χ4n) is 13.7. The highest BCUT2D eigenvalue weighted by Gasteiger charge is 2.51. The van der Waals surface area contributed by atoms with Gasteiger partial charge in [-0.05, 0) is 99.6 Å². The van der Waals surface area contributed by atoms with Gasteiger partial charge in [-0.1, -0.05) is 89.4 Å². The van der Waals surface area contributed by atoms with E-state index >= 15 is 0 Å². The Morgan fingerprint density at radius 3 is 1.93 bits per heavy atom. The van der Waals surface area contributed by atoms with Gasteiger partial charge in [-0.15, -0.1) is 5.10 Å². The summed E-state index contributed by atoms with van der Waals surface area (Å²) in [5, 5.41) is 21.9. The molecule has 2 aromatic carbocycles. The van der Waals surface area contributed by atoms with Crippen LogP contribution < -0.4 is 10.9 Å². The predicted octanol–water partition coefficient (Wildman–Crippen LogP) is 9.03. The number of aromatic nitrogens is 5. The molecule has 2 fully saturated rings. The number of rotatable bonds is 50. The van der Waals surface area contributed by atoms with Gasteiger partial charge < -0.3 is 71.8 Å². The van der Waals surface area contributed by atoms with Crippen molar-refractivity contribution >= 4 is 58.1 Å². The molecule has 2 N–H and O–H groups in total. The van der Waals surface area contributed by atoms with E-state index in [1.54, 1.807) is 54.4 Å². The first-order chi connectivity index (χ1) is 52.9. The second kappa shape index (κ2) is 47.2. The Hall–Kier alpha value is -8.26. The number of likely N-dealkylation sites (tertiary alicyclic amines) is 1. The third-order valence-corrected chi connectivity index (χ3v) is 19.9. The summed E-state index contributed by atoms with van der Waals surface area (Å²) in [5.74, 6) is -1.18. The van der Waals surface area contributed by atoms with Gasteiger partial charge in [0.15, 0.2) is 11.6 Å². The summed E-state index contributed by atoms with van der Waals surface area (Å²) in [6, 6.07) is 14.2. The number of amides is 3. The summed E-state index contributed by atoms with van der Waals surface area (Å²) in [5.41, 5.74) is 4.70. The standard InChI is InChI=1S/C49H83N5O15.C31H28N2O7.CH4/c1-4-5-6-8-42(48(59)50-3)34-45(56)38-69-37-44(55)9-7-17-61-19-21-63-23-25-65-27-29-67-31-32-68-30-28-66-26-24-64-22-20-62-18-16-53-36-43(51-52-53)14-15-46(57)41-12-10-40(11-13-41)35-54-47(58)33-39(2)49(54)60;1-4-20-21-12-19(34)10-11-25(21)32-27-22(20)14-33-26(27)13-24-23(28(33)35)16-38-29(36)31(24,5-2)40-30(37)39-15-18-8-6-17(3)7-9-18;/h36,39-42H,4-35,37-38H2,1-3H3,(H,50,59);6-13,34H,4-5,14-16H2,1-3H3;1H4. The first-order valence-electron chi connectivity index (χ1n) is 38.6. The Kier molecular flexibility index (Phi) is 38.2. The number of nitrogens with zero attached hydrogens (tertiary/aromatic N) is 6. The van der Waals surface area contributed by atoms with Gasteiger partial charge in [-0.25, -0.2) is 19.3 Å². The van der Waals surface area contributed by atoms with Gasteiger partial charge in [-0.2, -0.15) is 0 Å². The average Bonchev–Trinajstić information content (AvgIpc) is 1.52. The number of carbonyl (C=O) groups is 8. The maximum Gasteiger partial charge on any atom is 0.510 e. The molecule has 1 aliphatic carbocycles. The maximum absolute atomic E-state index is 13.8. The number of unbranched alkanes of at least 4 members (excludes halogenated alkanes) is 2. The van der Waals surface area contributed by atoms with Gasteiger partial charge in [0.05, 0.1) is 140 Å². The van der Waals surface area contributed by atoms with Gasteiger partial charge in [0.1, 0.15) is 38.0 Å². The molecule has 29 nitrogen and oxygen atoms in total. The molecule has 6 heterocycles. The molecule has 0 radical (unpaired) electrons. The summed E-state index contributed by atoms with van der Waals surface area (Å²) in [6.45, 7) is 17.4. The van der Waals surface area contributed by atoms with Crippen LogP contribution in [0.4, 0.5) is 4.79 Å². The third-order valence-electron chi connectivity index (χ3n) is 19.9. The smallest absolute Gasteiger partial charge is 0.508 e. The monoisotopic (exact) mass is 1540 g/mol. The molecule has 0 bridgehead atoms. The molecule has 3 aliphatic heterocycles. The molecule has 3 atom stereocenters. The number of esters is 1. The first-order valence-corrected chi connectivity index (χ1v) is 38.6. The molecule has 0 spiro atoms. The molecule has 606 valence electrons. The Bertz CT molecular complexity index is 3830. The highest BCUT2D eigenvalue weighted by molar-refractivity contribution is 6.03. The summed E-state index contributed by atoms with van der Waals surface area (Å²) < 4.78 is 69.4. The van der Waals surface area contributed by atoms with Crippen molar-refractivity contribution in [1.29, 1.82) is 0 Å². The van der Waals surface area contributed by atoms with Crippen LogP contribution in [-0.4, -0.2) is 214 Å². The van der Waals surface area contributed by atoms with Crippen molar-refractivity contribution < 1.29 is 100 Å². The molecular formula is C81H115N7O22. The van der Waals surface area contributed by atoms with Crippen molar-refractivity contribution in [3.05, 3.63) is 104 Å². The number of phenols is 1. The average molecular weight is 1540 g/mol. The number of carbonyl (C=O) groups excluding carboxylic acids is 8. The van der Waals surface area contributed by atoms with E-state index in [4.69, 9.17) is 61.8 Å². The van der Waals surface area contributed by atoms with Crippen molar-refractivity contribution in [2.45, 2.75) is 177 Å². The molecule has 9 rings (SSSR count). The van der Waals surface area contributed by atoms with E-state index in [1.165, 1.54) is 4.90 Å². The first kappa shape index (κ1) is 88.9. The zero-order valence-corrected chi connectivity index (χ0v) is 64.3.